The van der Waals surface area contributed by atoms with E-state index in [2.05, 4.69) is 12.2 Å². The molecule has 34 heavy (non-hydrogen) atoms. The number of nitrogens with one attached hydrogen (secondary N) is 1. The van der Waals surface area contributed by atoms with E-state index in [9.17, 15) is 4.79 Å². The van der Waals surface area contributed by atoms with E-state index in [0.29, 0.717) is 52.7 Å². The van der Waals surface area contributed by atoms with Crippen LogP contribution < -0.4 is 5.32 Å². The van der Waals surface area contributed by atoms with Gasteiger partial charge in [-0.15, -0.1) is 0 Å². The van der Waals surface area contributed by atoms with Crippen LogP contribution in [0.3, 0.4) is 0 Å². The molecule has 0 bridgehead atoms. The number of hydrogen-bond acceptors (Lipinski definition) is 5. The third-order valence-corrected chi connectivity index (χ3v) is 5.42. The molecule has 3 aromatic heterocycles. The molecule has 2 amide bonds. The second kappa shape index (κ2) is 9.62. The van der Waals surface area contributed by atoms with E-state index in [4.69, 9.17) is 18.8 Å². The van der Waals surface area contributed by atoms with Crippen LogP contribution in [-0.4, -0.2) is 27.4 Å². The minimum atomic E-state index is -0.156. The van der Waals surface area contributed by atoms with Crippen molar-refractivity contribution in [1.29, 1.82) is 0 Å². The van der Waals surface area contributed by atoms with Gasteiger partial charge in [0, 0.05) is 18.8 Å². The fraction of sp³-hybridized carbons (Fsp3) is 0.148. The molecule has 0 spiro atoms. The van der Waals surface area contributed by atoms with Crippen LogP contribution in [0.2, 0.25) is 0 Å². The van der Waals surface area contributed by atoms with Crippen molar-refractivity contribution in [2.45, 2.75) is 19.9 Å². The predicted molar refractivity (Wildman–Crippen MR) is 131 cm³/mol. The first-order chi connectivity index (χ1) is 16.7. The molecular formula is C27H24N4O3. The lowest BCUT2D eigenvalue weighted by Gasteiger charge is -2.23. The molecule has 0 aliphatic heterocycles. The summed E-state index contributed by atoms with van der Waals surface area (Å²) in [6.45, 7) is 3.26. The summed E-state index contributed by atoms with van der Waals surface area (Å²) >= 11 is 0. The van der Waals surface area contributed by atoms with Crippen LogP contribution in [0.4, 0.5) is 10.5 Å². The van der Waals surface area contributed by atoms with Crippen molar-refractivity contribution >= 4 is 22.8 Å². The van der Waals surface area contributed by atoms with E-state index >= 15 is 0 Å². The van der Waals surface area contributed by atoms with Crippen LogP contribution in [0.15, 0.2) is 94.2 Å². The van der Waals surface area contributed by atoms with Gasteiger partial charge < -0.3 is 19.1 Å². The number of urea groups is 1. The Morgan fingerprint density at radius 1 is 0.853 bits per heavy atom. The molecule has 7 nitrogen and oxygen atoms in total. The van der Waals surface area contributed by atoms with Gasteiger partial charge in [-0.1, -0.05) is 37.3 Å². The lowest BCUT2D eigenvalue weighted by atomic mass is 10.1. The number of hydrogen-bond donors (Lipinski definition) is 1. The van der Waals surface area contributed by atoms with Gasteiger partial charge in [0.1, 0.15) is 11.4 Å². The third kappa shape index (κ3) is 4.54. The number of furan rings is 2. The molecule has 0 radical (unpaired) electrons. The number of nitrogens with zero attached hydrogens (tertiary/aromatic N) is 3. The molecule has 0 aliphatic carbocycles. The molecule has 0 fully saturated rings. The maximum Gasteiger partial charge on any atom is 0.322 e. The average Bonchev–Trinajstić information content (AvgIpc) is 3.58. The Balaban J connectivity index is 1.45. The average molecular weight is 453 g/mol. The van der Waals surface area contributed by atoms with E-state index in [1.807, 2.05) is 66.7 Å². The molecule has 2 aromatic carbocycles. The number of amides is 2. The maximum absolute atomic E-state index is 13.1. The Labute approximate surface area is 197 Å². The fourth-order valence-electron chi connectivity index (χ4n) is 3.83. The number of carbonyl (C=O) groups excluding carboxylic acids is 1. The fourth-order valence-corrected chi connectivity index (χ4v) is 3.83. The van der Waals surface area contributed by atoms with E-state index in [1.54, 1.807) is 23.5 Å². The third-order valence-electron chi connectivity index (χ3n) is 5.42. The van der Waals surface area contributed by atoms with Crippen molar-refractivity contribution in [2.75, 3.05) is 11.9 Å². The summed E-state index contributed by atoms with van der Waals surface area (Å²) in [5.41, 5.74) is 4.24. The molecule has 7 heteroatoms. The van der Waals surface area contributed by atoms with E-state index in [0.717, 1.165) is 12.0 Å². The van der Waals surface area contributed by atoms with Crippen molar-refractivity contribution < 1.29 is 13.6 Å². The van der Waals surface area contributed by atoms with Crippen LogP contribution in [0.25, 0.3) is 33.9 Å². The van der Waals surface area contributed by atoms with Crippen LogP contribution in [0, 0.1) is 0 Å². The van der Waals surface area contributed by atoms with Gasteiger partial charge in [0.25, 0.3) is 0 Å². The monoisotopic (exact) mass is 452 g/mol. The van der Waals surface area contributed by atoms with Gasteiger partial charge in [0.05, 0.1) is 23.6 Å². The maximum atomic E-state index is 13.1. The summed E-state index contributed by atoms with van der Waals surface area (Å²) < 4.78 is 11.2. The van der Waals surface area contributed by atoms with Gasteiger partial charge in [0.2, 0.25) is 0 Å². The number of anilines is 1. The van der Waals surface area contributed by atoms with E-state index < -0.39 is 0 Å². The Bertz CT molecular complexity index is 1380. The first-order valence-electron chi connectivity index (χ1n) is 11.2. The second-order valence-electron chi connectivity index (χ2n) is 7.92. The number of rotatable bonds is 7. The topological polar surface area (TPSA) is 84.4 Å². The Hall–Kier alpha value is -4.39. The van der Waals surface area contributed by atoms with Crippen molar-refractivity contribution in [3.63, 3.8) is 0 Å². The van der Waals surface area contributed by atoms with Gasteiger partial charge in [-0.25, -0.2) is 14.8 Å². The molecule has 1 N–H and O–H groups in total. The molecule has 170 valence electrons. The van der Waals surface area contributed by atoms with Crippen LogP contribution in [0.5, 0.6) is 0 Å². The second-order valence-corrected chi connectivity index (χ2v) is 7.92. The molecular weight excluding hydrogens is 428 g/mol. The molecule has 3 heterocycles. The van der Waals surface area contributed by atoms with Crippen molar-refractivity contribution in [2.24, 2.45) is 0 Å². The first-order valence-corrected chi connectivity index (χ1v) is 11.2. The SMILES string of the molecule is CCCN(Cc1ccccc1)C(=O)Nc1ccc2nc(-c3ccco3)c(-c3ccco3)nc2c1. The molecule has 0 saturated heterocycles. The zero-order valence-corrected chi connectivity index (χ0v) is 18.8. The number of carbonyl (C=O) groups is 1. The molecule has 0 atom stereocenters. The van der Waals surface area contributed by atoms with Crippen LogP contribution in [-0.2, 0) is 6.54 Å². The quantitative estimate of drug-likeness (QED) is 0.301. The standard InChI is InChI=1S/C27H24N4O3/c1-2-14-31(18-19-8-4-3-5-9-19)27(32)28-20-12-13-21-22(17-20)30-26(24-11-7-16-34-24)25(29-21)23-10-6-15-33-23/h3-13,15-17H,2,14,18H2,1H3,(H,28,32). The molecule has 0 saturated carbocycles. The number of benzene rings is 2. The molecule has 0 aliphatic rings. The highest BCUT2D eigenvalue weighted by atomic mass is 16.3. The van der Waals surface area contributed by atoms with Gasteiger partial charge in [-0.05, 0) is 54.4 Å². The summed E-state index contributed by atoms with van der Waals surface area (Å²) in [6, 6.07) is 22.6. The van der Waals surface area contributed by atoms with Crippen molar-refractivity contribution in [3.05, 3.63) is 90.9 Å². The molecule has 5 rings (SSSR count). The highest BCUT2D eigenvalue weighted by molar-refractivity contribution is 5.93. The smallest absolute Gasteiger partial charge is 0.322 e. The molecule has 0 unspecified atom stereocenters. The number of fused-ring (bicyclic) bond motifs is 1. The highest BCUT2D eigenvalue weighted by Crippen LogP contribution is 2.32. The van der Waals surface area contributed by atoms with Crippen molar-refractivity contribution in [3.8, 4) is 22.9 Å². The first kappa shape index (κ1) is 21.5. The summed E-state index contributed by atoms with van der Waals surface area (Å²) in [5, 5.41) is 3.01. The highest BCUT2D eigenvalue weighted by Gasteiger charge is 2.18. The normalized spacial score (nSPS) is 11.0. The number of aromatic nitrogens is 2. The largest absolute Gasteiger partial charge is 0.463 e. The van der Waals surface area contributed by atoms with E-state index in [-0.39, 0.29) is 6.03 Å². The summed E-state index contributed by atoms with van der Waals surface area (Å²) in [6.07, 6.45) is 4.06. The van der Waals surface area contributed by atoms with Gasteiger partial charge >= 0.3 is 6.03 Å². The van der Waals surface area contributed by atoms with Crippen LogP contribution in [0.1, 0.15) is 18.9 Å². The Kier molecular flexibility index (Phi) is 6.07. The Morgan fingerprint density at radius 3 is 2.15 bits per heavy atom. The summed E-state index contributed by atoms with van der Waals surface area (Å²) in [7, 11) is 0. The summed E-state index contributed by atoms with van der Waals surface area (Å²) in [4.78, 5) is 24.4. The lowest BCUT2D eigenvalue weighted by molar-refractivity contribution is 0.209. The summed E-state index contributed by atoms with van der Waals surface area (Å²) in [5.74, 6) is 1.20. The van der Waals surface area contributed by atoms with Crippen molar-refractivity contribution in [1.82, 2.24) is 14.9 Å². The Morgan fingerprint density at radius 2 is 1.53 bits per heavy atom. The minimum absolute atomic E-state index is 0.156. The van der Waals surface area contributed by atoms with Gasteiger partial charge in [0.15, 0.2) is 11.5 Å². The van der Waals surface area contributed by atoms with Crippen LogP contribution >= 0.6 is 0 Å². The zero-order chi connectivity index (χ0) is 23.3. The van der Waals surface area contributed by atoms with Gasteiger partial charge in [-0.3, -0.25) is 0 Å². The predicted octanol–water partition coefficient (Wildman–Crippen LogP) is 6.59. The lowest BCUT2D eigenvalue weighted by Crippen LogP contribution is -2.35. The molecule has 5 aromatic rings. The van der Waals surface area contributed by atoms with E-state index in [1.165, 1.54) is 0 Å². The zero-order valence-electron chi connectivity index (χ0n) is 18.8. The minimum Gasteiger partial charge on any atom is -0.463 e. The van der Waals surface area contributed by atoms with Gasteiger partial charge in [-0.2, -0.15) is 0 Å².